The molecule has 2 N–H and O–H groups in total. The molecule has 0 saturated carbocycles. The zero-order valence-electron chi connectivity index (χ0n) is 12.2. The molecule has 0 bridgehead atoms. The summed E-state index contributed by atoms with van der Waals surface area (Å²) in [6, 6.07) is 7.97. The van der Waals surface area contributed by atoms with Crippen molar-refractivity contribution >= 4 is 11.9 Å². The van der Waals surface area contributed by atoms with Gasteiger partial charge in [0.05, 0.1) is 6.61 Å². The summed E-state index contributed by atoms with van der Waals surface area (Å²) in [5.74, 6) is -1.17. The van der Waals surface area contributed by atoms with Crippen LogP contribution >= 0.6 is 0 Å². The average molecular weight is 304 g/mol. The number of carboxylic acid groups (broad SMARTS) is 1. The molecule has 0 radical (unpaired) electrons. The van der Waals surface area contributed by atoms with Crippen LogP contribution < -0.4 is 5.32 Å². The lowest BCUT2D eigenvalue weighted by Crippen LogP contribution is -2.44. The van der Waals surface area contributed by atoms with Gasteiger partial charge in [0.25, 0.3) is 5.91 Å². The fourth-order valence-corrected chi connectivity index (χ4v) is 1.88. The molecule has 1 aromatic heterocycles. The van der Waals surface area contributed by atoms with Crippen molar-refractivity contribution in [1.29, 1.82) is 0 Å². The van der Waals surface area contributed by atoms with E-state index in [1.54, 1.807) is 19.1 Å². The molecule has 0 fully saturated rings. The molecule has 0 aliphatic carbocycles. The second kappa shape index (κ2) is 6.86. The van der Waals surface area contributed by atoms with Crippen LogP contribution in [0, 0.1) is 6.92 Å². The number of carbonyl (C=O) groups excluding carboxylic acids is 1. The van der Waals surface area contributed by atoms with Gasteiger partial charge >= 0.3 is 5.97 Å². The van der Waals surface area contributed by atoms with Crippen molar-refractivity contribution < 1.29 is 23.8 Å². The maximum absolute atomic E-state index is 12.1. The smallest absolute Gasteiger partial charge is 0.328 e. The number of nitrogens with zero attached hydrogens (tertiary/aromatic N) is 1. The molecule has 0 spiro atoms. The Morgan fingerprint density at radius 1 is 1.36 bits per heavy atom. The number of ether oxygens (including phenoxy) is 1. The van der Waals surface area contributed by atoms with Crippen molar-refractivity contribution in [2.45, 2.75) is 13.0 Å². The summed E-state index contributed by atoms with van der Waals surface area (Å²) in [7, 11) is 1.36. The second-order valence-electron chi connectivity index (χ2n) is 4.61. The first-order chi connectivity index (χ1) is 10.5. The van der Waals surface area contributed by atoms with Gasteiger partial charge in [-0.05, 0) is 19.1 Å². The van der Waals surface area contributed by atoms with Gasteiger partial charge in [-0.25, -0.2) is 9.78 Å². The summed E-state index contributed by atoms with van der Waals surface area (Å²) >= 11 is 0. The number of nitrogens with one attached hydrogen (secondary N) is 1. The molecule has 1 amide bonds. The molecule has 0 aliphatic heterocycles. The molecule has 1 atom stereocenters. The van der Waals surface area contributed by atoms with Gasteiger partial charge in [0.15, 0.2) is 11.7 Å². The van der Waals surface area contributed by atoms with Gasteiger partial charge < -0.3 is 19.6 Å². The number of oxazole rings is 1. The summed E-state index contributed by atoms with van der Waals surface area (Å²) < 4.78 is 10.2. The Morgan fingerprint density at radius 3 is 2.64 bits per heavy atom. The Kier molecular flexibility index (Phi) is 4.90. The van der Waals surface area contributed by atoms with Crippen molar-refractivity contribution in [2.24, 2.45) is 0 Å². The summed E-state index contributed by atoms with van der Waals surface area (Å²) in [5.41, 5.74) is 0.789. The minimum absolute atomic E-state index is 0.0567. The number of hydrogen-bond acceptors (Lipinski definition) is 5. The van der Waals surface area contributed by atoms with Crippen molar-refractivity contribution in [3.8, 4) is 11.5 Å². The van der Waals surface area contributed by atoms with Crippen molar-refractivity contribution in [3.63, 3.8) is 0 Å². The molecule has 1 heterocycles. The van der Waals surface area contributed by atoms with Crippen LogP contribution in [0.25, 0.3) is 11.5 Å². The zero-order valence-corrected chi connectivity index (χ0v) is 12.2. The monoisotopic (exact) mass is 304 g/mol. The summed E-state index contributed by atoms with van der Waals surface area (Å²) in [6.45, 7) is 1.46. The molecule has 0 aliphatic rings. The highest BCUT2D eigenvalue weighted by atomic mass is 16.5. The zero-order chi connectivity index (χ0) is 16.1. The van der Waals surface area contributed by atoms with Crippen LogP contribution in [0.1, 0.15) is 16.2 Å². The first-order valence-electron chi connectivity index (χ1n) is 6.58. The van der Waals surface area contributed by atoms with E-state index in [-0.39, 0.29) is 12.3 Å². The highest BCUT2D eigenvalue weighted by Crippen LogP contribution is 2.21. The van der Waals surface area contributed by atoms with Crippen LogP contribution in [0.3, 0.4) is 0 Å². The van der Waals surface area contributed by atoms with Gasteiger partial charge in [-0.3, -0.25) is 4.79 Å². The predicted molar refractivity (Wildman–Crippen MR) is 77.4 cm³/mol. The lowest BCUT2D eigenvalue weighted by Gasteiger charge is -2.12. The molecular weight excluding hydrogens is 288 g/mol. The Bertz CT molecular complexity index is 666. The number of benzene rings is 1. The number of carboxylic acids is 1. The first kappa shape index (κ1) is 15.7. The predicted octanol–water partition coefficient (Wildman–Crippen LogP) is 1.48. The van der Waals surface area contributed by atoms with Gasteiger partial charge in [0.1, 0.15) is 5.76 Å². The molecule has 7 nitrogen and oxygen atoms in total. The molecule has 1 aromatic carbocycles. The summed E-state index contributed by atoms with van der Waals surface area (Å²) in [6.07, 6.45) is 0. The maximum atomic E-state index is 12.1. The van der Waals surface area contributed by atoms with Crippen molar-refractivity contribution in [1.82, 2.24) is 10.3 Å². The van der Waals surface area contributed by atoms with E-state index in [1.165, 1.54) is 7.11 Å². The van der Waals surface area contributed by atoms with Crippen LogP contribution in [0.5, 0.6) is 0 Å². The molecule has 116 valence electrons. The summed E-state index contributed by atoms with van der Waals surface area (Å²) in [4.78, 5) is 27.3. The lowest BCUT2D eigenvalue weighted by atomic mass is 10.2. The molecule has 7 heteroatoms. The minimum atomic E-state index is -1.18. The van der Waals surface area contributed by atoms with E-state index in [2.05, 4.69) is 10.3 Å². The third-order valence-electron chi connectivity index (χ3n) is 2.97. The molecule has 1 unspecified atom stereocenters. The van der Waals surface area contributed by atoms with E-state index in [1.807, 2.05) is 18.2 Å². The SMILES string of the molecule is COCC(NC(=O)c1nc(-c2ccccc2)oc1C)C(=O)O. The maximum Gasteiger partial charge on any atom is 0.328 e. The van der Waals surface area contributed by atoms with Gasteiger partial charge in [0, 0.05) is 12.7 Å². The fraction of sp³-hybridized carbons (Fsp3) is 0.267. The Balaban J connectivity index is 2.20. The number of amides is 1. The normalized spacial score (nSPS) is 11.9. The van der Waals surface area contributed by atoms with Crippen molar-refractivity contribution in [3.05, 3.63) is 41.8 Å². The molecule has 2 rings (SSSR count). The van der Waals surface area contributed by atoms with E-state index < -0.39 is 17.9 Å². The average Bonchev–Trinajstić information content (AvgIpc) is 2.89. The number of hydrogen-bond donors (Lipinski definition) is 2. The topological polar surface area (TPSA) is 102 Å². The highest BCUT2D eigenvalue weighted by Gasteiger charge is 2.24. The largest absolute Gasteiger partial charge is 0.480 e. The minimum Gasteiger partial charge on any atom is -0.480 e. The number of rotatable bonds is 6. The van der Waals surface area contributed by atoms with Gasteiger partial charge in [-0.1, -0.05) is 18.2 Å². The third-order valence-corrected chi connectivity index (χ3v) is 2.97. The van der Waals surface area contributed by atoms with Gasteiger partial charge in [-0.15, -0.1) is 0 Å². The van der Waals surface area contributed by atoms with Gasteiger partial charge in [-0.2, -0.15) is 0 Å². The van der Waals surface area contributed by atoms with E-state index in [9.17, 15) is 9.59 Å². The Morgan fingerprint density at radius 2 is 2.05 bits per heavy atom. The van der Waals surface area contributed by atoms with Crippen LogP contribution in [0.2, 0.25) is 0 Å². The third kappa shape index (κ3) is 3.50. The van der Waals surface area contributed by atoms with E-state index >= 15 is 0 Å². The quantitative estimate of drug-likeness (QED) is 0.838. The number of aliphatic carboxylic acids is 1. The van der Waals surface area contributed by atoms with E-state index in [0.29, 0.717) is 11.7 Å². The summed E-state index contributed by atoms with van der Waals surface area (Å²) in [5, 5.41) is 11.4. The van der Waals surface area contributed by atoms with E-state index in [0.717, 1.165) is 5.56 Å². The standard InChI is InChI=1S/C15H16N2O5/c1-9-12(13(18)16-11(8-21-2)15(19)20)17-14(22-9)10-6-4-3-5-7-10/h3-7,11H,8H2,1-2H3,(H,16,18)(H,19,20). The number of carbonyl (C=O) groups is 2. The van der Waals surface area contributed by atoms with Crippen molar-refractivity contribution in [2.75, 3.05) is 13.7 Å². The van der Waals surface area contributed by atoms with Crippen LogP contribution in [0.4, 0.5) is 0 Å². The Labute approximate surface area is 126 Å². The fourth-order valence-electron chi connectivity index (χ4n) is 1.88. The molecule has 22 heavy (non-hydrogen) atoms. The number of methoxy groups -OCH3 is 1. The number of aryl methyl sites for hydroxylation is 1. The number of aromatic nitrogens is 1. The van der Waals surface area contributed by atoms with Crippen LogP contribution in [-0.4, -0.2) is 41.7 Å². The molecule has 2 aromatic rings. The lowest BCUT2D eigenvalue weighted by molar-refractivity contribution is -0.140. The van der Waals surface area contributed by atoms with Gasteiger partial charge in [0.2, 0.25) is 5.89 Å². The Hall–Kier alpha value is -2.67. The van der Waals surface area contributed by atoms with E-state index in [4.69, 9.17) is 14.3 Å². The molecular formula is C15H16N2O5. The highest BCUT2D eigenvalue weighted by molar-refractivity contribution is 5.96. The first-order valence-corrected chi connectivity index (χ1v) is 6.58. The van der Waals surface area contributed by atoms with Crippen LogP contribution in [-0.2, 0) is 9.53 Å². The van der Waals surface area contributed by atoms with Crippen LogP contribution in [0.15, 0.2) is 34.7 Å². The second-order valence-corrected chi connectivity index (χ2v) is 4.61. The molecule has 0 saturated heterocycles.